The van der Waals surface area contributed by atoms with Gasteiger partial charge in [0.05, 0.1) is 14.2 Å². The van der Waals surface area contributed by atoms with Crippen molar-refractivity contribution < 1.29 is 9.47 Å². The molecule has 0 spiro atoms. The minimum atomic E-state index is 0.664. The van der Waals surface area contributed by atoms with Crippen molar-refractivity contribution >= 4 is 0 Å². The van der Waals surface area contributed by atoms with E-state index in [1.807, 2.05) is 6.07 Å². The van der Waals surface area contributed by atoms with Gasteiger partial charge in [-0.1, -0.05) is 6.92 Å². The SMILES string of the molecule is COc1cc(CN[C@@H]2CC[C@H](C)C2)cc(OC)c1. The number of rotatable bonds is 5. The molecule has 0 bridgehead atoms. The van der Waals surface area contributed by atoms with Crippen molar-refractivity contribution in [2.45, 2.75) is 38.8 Å². The summed E-state index contributed by atoms with van der Waals surface area (Å²) in [5.74, 6) is 2.57. The largest absolute Gasteiger partial charge is 0.497 e. The normalized spacial score (nSPS) is 23.1. The molecule has 0 amide bonds. The van der Waals surface area contributed by atoms with Gasteiger partial charge in [0.15, 0.2) is 0 Å². The van der Waals surface area contributed by atoms with Crippen molar-refractivity contribution in [2.75, 3.05) is 14.2 Å². The monoisotopic (exact) mass is 249 g/mol. The summed E-state index contributed by atoms with van der Waals surface area (Å²) >= 11 is 0. The molecule has 2 atom stereocenters. The molecule has 1 aromatic carbocycles. The highest BCUT2D eigenvalue weighted by Crippen LogP contribution is 2.26. The molecule has 1 aromatic rings. The summed E-state index contributed by atoms with van der Waals surface area (Å²) in [5.41, 5.74) is 1.21. The molecule has 0 radical (unpaired) electrons. The zero-order valence-corrected chi connectivity index (χ0v) is 11.5. The molecule has 0 heterocycles. The third kappa shape index (κ3) is 3.39. The topological polar surface area (TPSA) is 30.5 Å². The van der Waals surface area contributed by atoms with Crippen molar-refractivity contribution in [3.63, 3.8) is 0 Å². The molecule has 18 heavy (non-hydrogen) atoms. The van der Waals surface area contributed by atoms with Crippen LogP contribution in [0.3, 0.4) is 0 Å². The Morgan fingerprint density at radius 1 is 1.11 bits per heavy atom. The summed E-state index contributed by atoms with van der Waals surface area (Å²) in [4.78, 5) is 0. The molecule has 1 saturated carbocycles. The fourth-order valence-electron chi connectivity index (χ4n) is 2.62. The zero-order chi connectivity index (χ0) is 13.0. The van der Waals surface area contributed by atoms with Crippen LogP contribution >= 0.6 is 0 Å². The Morgan fingerprint density at radius 2 is 1.78 bits per heavy atom. The van der Waals surface area contributed by atoms with Crippen LogP contribution in [0.4, 0.5) is 0 Å². The summed E-state index contributed by atoms with van der Waals surface area (Å²) in [5, 5.41) is 3.62. The predicted octanol–water partition coefficient (Wildman–Crippen LogP) is 2.98. The van der Waals surface area contributed by atoms with Gasteiger partial charge in [0.2, 0.25) is 0 Å². The fourth-order valence-corrected chi connectivity index (χ4v) is 2.62. The average Bonchev–Trinajstić information content (AvgIpc) is 2.81. The van der Waals surface area contributed by atoms with Crippen molar-refractivity contribution in [1.29, 1.82) is 0 Å². The molecule has 0 aliphatic heterocycles. The number of ether oxygens (including phenoxy) is 2. The van der Waals surface area contributed by atoms with Crippen LogP contribution < -0.4 is 14.8 Å². The van der Waals surface area contributed by atoms with E-state index in [-0.39, 0.29) is 0 Å². The van der Waals surface area contributed by atoms with Gasteiger partial charge in [0, 0.05) is 18.7 Å². The summed E-state index contributed by atoms with van der Waals surface area (Å²) in [6.07, 6.45) is 3.93. The van der Waals surface area contributed by atoms with Gasteiger partial charge in [-0.2, -0.15) is 0 Å². The lowest BCUT2D eigenvalue weighted by Gasteiger charge is -2.14. The van der Waals surface area contributed by atoms with Crippen LogP contribution in [0.25, 0.3) is 0 Å². The van der Waals surface area contributed by atoms with Gasteiger partial charge < -0.3 is 14.8 Å². The van der Waals surface area contributed by atoms with E-state index >= 15 is 0 Å². The first kappa shape index (κ1) is 13.2. The summed E-state index contributed by atoms with van der Waals surface area (Å²) < 4.78 is 10.6. The Kier molecular flexibility index (Phi) is 4.48. The molecule has 3 nitrogen and oxygen atoms in total. The average molecular weight is 249 g/mol. The highest BCUT2D eigenvalue weighted by Gasteiger charge is 2.20. The van der Waals surface area contributed by atoms with E-state index in [0.717, 1.165) is 24.0 Å². The quantitative estimate of drug-likeness (QED) is 0.870. The number of hydrogen-bond donors (Lipinski definition) is 1. The van der Waals surface area contributed by atoms with E-state index in [9.17, 15) is 0 Å². The minimum absolute atomic E-state index is 0.664. The summed E-state index contributed by atoms with van der Waals surface area (Å²) in [6.45, 7) is 3.21. The second-order valence-electron chi connectivity index (χ2n) is 5.22. The first-order valence-corrected chi connectivity index (χ1v) is 6.66. The Balaban J connectivity index is 1.95. The molecular weight excluding hydrogens is 226 g/mol. The van der Waals surface area contributed by atoms with Gasteiger partial charge in [-0.15, -0.1) is 0 Å². The van der Waals surface area contributed by atoms with Crippen LogP contribution in [0, 0.1) is 5.92 Å². The van der Waals surface area contributed by atoms with E-state index in [1.54, 1.807) is 14.2 Å². The van der Waals surface area contributed by atoms with Gasteiger partial charge in [-0.25, -0.2) is 0 Å². The standard InChI is InChI=1S/C15H23NO2/c1-11-4-5-13(6-11)16-10-12-7-14(17-2)9-15(8-12)18-3/h7-9,11,13,16H,4-6,10H2,1-3H3/t11-,13+/m0/s1. The van der Waals surface area contributed by atoms with Gasteiger partial charge in [0.1, 0.15) is 11.5 Å². The third-order valence-electron chi connectivity index (χ3n) is 3.70. The molecule has 0 aromatic heterocycles. The molecule has 2 rings (SSSR count). The molecule has 1 fully saturated rings. The van der Waals surface area contributed by atoms with Crippen molar-refractivity contribution in [3.8, 4) is 11.5 Å². The Morgan fingerprint density at radius 3 is 2.28 bits per heavy atom. The lowest BCUT2D eigenvalue weighted by molar-refractivity contribution is 0.392. The number of nitrogens with one attached hydrogen (secondary N) is 1. The molecule has 3 heteroatoms. The molecule has 0 saturated heterocycles. The maximum Gasteiger partial charge on any atom is 0.122 e. The van der Waals surface area contributed by atoms with Crippen LogP contribution in [0.2, 0.25) is 0 Å². The smallest absolute Gasteiger partial charge is 0.122 e. The first-order valence-electron chi connectivity index (χ1n) is 6.66. The number of benzene rings is 1. The first-order chi connectivity index (χ1) is 8.71. The van der Waals surface area contributed by atoms with E-state index in [2.05, 4.69) is 24.4 Å². The van der Waals surface area contributed by atoms with Crippen molar-refractivity contribution in [3.05, 3.63) is 23.8 Å². The zero-order valence-electron chi connectivity index (χ0n) is 11.5. The van der Waals surface area contributed by atoms with Gasteiger partial charge >= 0.3 is 0 Å². The van der Waals surface area contributed by atoms with Crippen LogP contribution in [0.15, 0.2) is 18.2 Å². The van der Waals surface area contributed by atoms with Gasteiger partial charge in [0.25, 0.3) is 0 Å². The Labute approximate surface area is 109 Å². The second kappa shape index (κ2) is 6.10. The van der Waals surface area contributed by atoms with Gasteiger partial charge in [-0.05, 0) is 42.9 Å². The molecule has 0 unspecified atom stereocenters. The lowest BCUT2D eigenvalue weighted by Crippen LogP contribution is -2.25. The van der Waals surface area contributed by atoms with E-state index in [4.69, 9.17) is 9.47 Å². The summed E-state index contributed by atoms with van der Waals surface area (Å²) in [7, 11) is 3.37. The lowest BCUT2D eigenvalue weighted by atomic mass is 10.1. The highest BCUT2D eigenvalue weighted by atomic mass is 16.5. The van der Waals surface area contributed by atoms with Gasteiger partial charge in [-0.3, -0.25) is 0 Å². The molecule has 1 N–H and O–H groups in total. The van der Waals surface area contributed by atoms with Crippen LogP contribution in [0.5, 0.6) is 11.5 Å². The van der Waals surface area contributed by atoms with Crippen molar-refractivity contribution in [2.24, 2.45) is 5.92 Å². The van der Waals surface area contributed by atoms with Crippen LogP contribution in [-0.2, 0) is 6.54 Å². The van der Waals surface area contributed by atoms with E-state index in [1.165, 1.54) is 24.8 Å². The Bertz CT molecular complexity index is 370. The molecule has 100 valence electrons. The van der Waals surface area contributed by atoms with E-state index < -0.39 is 0 Å². The number of hydrogen-bond acceptors (Lipinski definition) is 3. The fraction of sp³-hybridized carbons (Fsp3) is 0.600. The summed E-state index contributed by atoms with van der Waals surface area (Å²) in [6, 6.07) is 6.69. The molecule has 1 aliphatic rings. The molecule has 1 aliphatic carbocycles. The maximum absolute atomic E-state index is 5.28. The number of methoxy groups -OCH3 is 2. The predicted molar refractivity (Wildman–Crippen MR) is 73.2 cm³/mol. The minimum Gasteiger partial charge on any atom is -0.497 e. The van der Waals surface area contributed by atoms with Crippen molar-refractivity contribution in [1.82, 2.24) is 5.32 Å². The second-order valence-corrected chi connectivity index (χ2v) is 5.22. The molecular formula is C15H23NO2. The third-order valence-corrected chi connectivity index (χ3v) is 3.70. The highest BCUT2D eigenvalue weighted by molar-refractivity contribution is 5.38. The van der Waals surface area contributed by atoms with Crippen LogP contribution in [0.1, 0.15) is 31.7 Å². The van der Waals surface area contributed by atoms with Crippen LogP contribution in [-0.4, -0.2) is 20.3 Å². The Hall–Kier alpha value is -1.22. The maximum atomic E-state index is 5.28. The van der Waals surface area contributed by atoms with E-state index in [0.29, 0.717) is 6.04 Å².